The monoisotopic (exact) mass is 441 g/mol. The second-order valence-corrected chi connectivity index (χ2v) is 7.78. The molecule has 0 spiro atoms. The number of hydrogen-bond donors (Lipinski definition) is 3. The molecular formula is C21H24BrN5O. The van der Waals surface area contributed by atoms with Crippen molar-refractivity contribution in [3.63, 3.8) is 0 Å². The summed E-state index contributed by atoms with van der Waals surface area (Å²) in [7, 11) is 0. The van der Waals surface area contributed by atoms with Gasteiger partial charge >= 0.3 is 0 Å². The van der Waals surface area contributed by atoms with E-state index in [0.29, 0.717) is 18.3 Å². The summed E-state index contributed by atoms with van der Waals surface area (Å²) in [6, 6.07) is 13.8. The molecule has 1 atom stereocenters. The van der Waals surface area contributed by atoms with Crippen molar-refractivity contribution in [2.24, 2.45) is 5.92 Å². The van der Waals surface area contributed by atoms with Crippen molar-refractivity contribution in [2.75, 3.05) is 17.2 Å². The van der Waals surface area contributed by atoms with Crippen LogP contribution in [-0.4, -0.2) is 32.7 Å². The molecule has 6 nitrogen and oxygen atoms in total. The molecule has 0 radical (unpaired) electrons. The number of anilines is 2. The maximum atomic E-state index is 9.64. The third-order valence-corrected chi connectivity index (χ3v) is 4.91. The molecule has 0 fully saturated rings. The van der Waals surface area contributed by atoms with E-state index in [4.69, 9.17) is 0 Å². The quantitative estimate of drug-likeness (QED) is 0.482. The second kappa shape index (κ2) is 9.61. The van der Waals surface area contributed by atoms with Crippen LogP contribution in [0.15, 0.2) is 59.3 Å². The Bertz CT molecular complexity index is 887. The fourth-order valence-electron chi connectivity index (χ4n) is 2.65. The lowest BCUT2D eigenvalue weighted by Gasteiger charge is -2.20. The fourth-order valence-corrected chi connectivity index (χ4v) is 2.91. The highest BCUT2D eigenvalue weighted by molar-refractivity contribution is 9.10. The van der Waals surface area contributed by atoms with Crippen LogP contribution >= 0.6 is 15.9 Å². The minimum absolute atomic E-state index is 0.0137. The molecule has 3 aromatic rings. The summed E-state index contributed by atoms with van der Waals surface area (Å²) in [6.07, 6.45) is 3.51. The highest BCUT2D eigenvalue weighted by Crippen LogP contribution is 2.22. The highest BCUT2D eigenvalue weighted by Gasteiger charge is 2.15. The molecular weight excluding hydrogens is 418 g/mol. The number of pyridine rings is 1. The van der Waals surface area contributed by atoms with Gasteiger partial charge in [0.25, 0.3) is 0 Å². The molecule has 1 aromatic carbocycles. The second-order valence-electron chi connectivity index (χ2n) is 6.86. The lowest BCUT2D eigenvalue weighted by Crippen LogP contribution is -2.30. The molecule has 0 amide bonds. The fraction of sp³-hybridized carbons (Fsp3) is 0.286. The van der Waals surface area contributed by atoms with Crippen LogP contribution in [0.3, 0.4) is 0 Å². The van der Waals surface area contributed by atoms with Crippen LogP contribution in [0.2, 0.25) is 0 Å². The van der Waals surface area contributed by atoms with Gasteiger partial charge < -0.3 is 15.7 Å². The van der Waals surface area contributed by atoms with Gasteiger partial charge in [-0.15, -0.1) is 0 Å². The maximum absolute atomic E-state index is 9.64. The van der Waals surface area contributed by atoms with Crippen LogP contribution < -0.4 is 10.6 Å². The first-order valence-corrected chi connectivity index (χ1v) is 9.99. The first-order chi connectivity index (χ1) is 13.5. The third kappa shape index (κ3) is 5.50. The molecule has 28 heavy (non-hydrogen) atoms. The normalized spacial score (nSPS) is 12.0. The van der Waals surface area contributed by atoms with Crippen molar-refractivity contribution in [2.45, 2.75) is 26.4 Å². The van der Waals surface area contributed by atoms with Crippen molar-refractivity contribution in [3.05, 3.63) is 64.9 Å². The summed E-state index contributed by atoms with van der Waals surface area (Å²) in [5.74, 6) is 1.43. The van der Waals surface area contributed by atoms with Crippen LogP contribution in [0.25, 0.3) is 11.3 Å². The van der Waals surface area contributed by atoms with Crippen LogP contribution in [-0.2, 0) is 6.54 Å². The summed E-state index contributed by atoms with van der Waals surface area (Å²) in [4.78, 5) is 13.4. The molecule has 0 saturated carbocycles. The first-order valence-electron chi connectivity index (χ1n) is 9.20. The predicted molar refractivity (Wildman–Crippen MR) is 116 cm³/mol. The van der Waals surface area contributed by atoms with E-state index >= 15 is 0 Å². The number of aliphatic hydroxyl groups excluding tert-OH is 1. The Morgan fingerprint density at radius 1 is 1.11 bits per heavy atom. The summed E-state index contributed by atoms with van der Waals surface area (Å²) in [6.45, 7) is 4.75. The number of halogens is 1. The van der Waals surface area contributed by atoms with E-state index < -0.39 is 0 Å². The average Bonchev–Trinajstić information content (AvgIpc) is 2.72. The largest absolute Gasteiger partial charge is 0.394 e. The van der Waals surface area contributed by atoms with Gasteiger partial charge in [-0.25, -0.2) is 4.98 Å². The van der Waals surface area contributed by atoms with Crippen molar-refractivity contribution < 1.29 is 5.11 Å². The summed E-state index contributed by atoms with van der Waals surface area (Å²) in [5.41, 5.74) is 2.82. The van der Waals surface area contributed by atoms with E-state index in [1.807, 2.05) is 44.2 Å². The number of rotatable bonds is 8. The Balaban J connectivity index is 1.87. The number of benzene rings is 1. The average molecular weight is 442 g/mol. The molecule has 0 bridgehead atoms. The zero-order valence-corrected chi connectivity index (χ0v) is 17.5. The van der Waals surface area contributed by atoms with E-state index in [2.05, 4.69) is 53.6 Å². The third-order valence-electron chi connectivity index (χ3n) is 4.39. The van der Waals surface area contributed by atoms with Crippen LogP contribution in [0.5, 0.6) is 0 Å². The van der Waals surface area contributed by atoms with Gasteiger partial charge in [0.2, 0.25) is 5.95 Å². The minimum atomic E-state index is -0.122. The number of aromatic nitrogens is 3. The topological polar surface area (TPSA) is 83.0 Å². The molecule has 7 heteroatoms. The Labute approximate surface area is 173 Å². The predicted octanol–water partition coefficient (Wildman–Crippen LogP) is 4.34. The molecule has 0 aliphatic heterocycles. The van der Waals surface area contributed by atoms with E-state index in [1.54, 1.807) is 12.4 Å². The van der Waals surface area contributed by atoms with Gasteiger partial charge in [-0.05, 0) is 35.7 Å². The van der Waals surface area contributed by atoms with Gasteiger partial charge in [0.15, 0.2) is 0 Å². The van der Waals surface area contributed by atoms with E-state index in [1.165, 1.54) is 0 Å². The molecule has 2 aromatic heterocycles. The number of nitrogens with one attached hydrogen (secondary N) is 2. The Morgan fingerprint density at radius 2 is 1.89 bits per heavy atom. The summed E-state index contributed by atoms with van der Waals surface area (Å²) < 4.78 is 1.05. The molecule has 0 aliphatic carbocycles. The minimum Gasteiger partial charge on any atom is -0.394 e. The van der Waals surface area contributed by atoms with Gasteiger partial charge in [0, 0.05) is 35.0 Å². The molecule has 3 N–H and O–H groups in total. The van der Waals surface area contributed by atoms with Crippen molar-refractivity contribution in [1.29, 1.82) is 0 Å². The first kappa shape index (κ1) is 20.2. The highest BCUT2D eigenvalue weighted by atomic mass is 79.9. The van der Waals surface area contributed by atoms with Crippen molar-refractivity contribution in [3.8, 4) is 11.3 Å². The molecule has 0 unspecified atom stereocenters. The Hall–Kier alpha value is -2.51. The zero-order chi connectivity index (χ0) is 19.9. The van der Waals surface area contributed by atoms with E-state index in [0.717, 1.165) is 21.3 Å². The standard InChI is InChI=1S/C21H24BrN5O/c1-14(2)19(13-28)26-21-25-18(16-4-3-9-23-12-16)10-20(27-21)24-11-15-5-7-17(22)8-6-15/h3-10,12,14,19,28H,11,13H2,1-2H3,(H2,24,25,26,27)/t19-/m0/s1. The lowest BCUT2D eigenvalue weighted by molar-refractivity contribution is 0.248. The van der Waals surface area contributed by atoms with Crippen LogP contribution in [0.4, 0.5) is 11.8 Å². The van der Waals surface area contributed by atoms with E-state index in [-0.39, 0.29) is 18.6 Å². The molecule has 146 valence electrons. The maximum Gasteiger partial charge on any atom is 0.225 e. The molecule has 3 rings (SSSR count). The Morgan fingerprint density at radius 3 is 2.54 bits per heavy atom. The van der Waals surface area contributed by atoms with Gasteiger partial charge in [-0.3, -0.25) is 4.98 Å². The lowest BCUT2D eigenvalue weighted by atomic mass is 10.1. The molecule has 2 heterocycles. The molecule has 0 saturated heterocycles. The number of hydrogen-bond acceptors (Lipinski definition) is 6. The van der Waals surface area contributed by atoms with Gasteiger partial charge in [0.05, 0.1) is 18.3 Å². The van der Waals surface area contributed by atoms with Crippen LogP contribution in [0.1, 0.15) is 19.4 Å². The van der Waals surface area contributed by atoms with Gasteiger partial charge in [-0.2, -0.15) is 4.98 Å². The Kier molecular flexibility index (Phi) is 6.95. The van der Waals surface area contributed by atoms with Crippen molar-refractivity contribution >= 4 is 27.7 Å². The SMILES string of the molecule is CC(C)[C@H](CO)Nc1nc(NCc2ccc(Br)cc2)cc(-c2cccnc2)n1. The number of nitrogens with zero attached hydrogens (tertiary/aromatic N) is 3. The van der Waals surface area contributed by atoms with Gasteiger partial charge in [0.1, 0.15) is 5.82 Å². The van der Waals surface area contributed by atoms with Crippen molar-refractivity contribution in [1.82, 2.24) is 15.0 Å². The smallest absolute Gasteiger partial charge is 0.225 e. The summed E-state index contributed by atoms with van der Waals surface area (Å²) in [5, 5.41) is 16.2. The van der Waals surface area contributed by atoms with E-state index in [9.17, 15) is 5.11 Å². The molecule has 0 aliphatic rings. The number of aliphatic hydroxyl groups is 1. The summed E-state index contributed by atoms with van der Waals surface area (Å²) >= 11 is 3.45. The zero-order valence-electron chi connectivity index (χ0n) is 15.9. The van der Waals surface area contributed by atoms with Gasteiger partial charge in [-0.1, -0.05) is 41.9 Å². The van der Waals surface area contributed by atoms with Crippen LogP contribution in [0, 0.1) is 5.92 Å².